The number of hydrogen-bond donors (Lipinski definition) is 0. The summed E-state index contributed by atoms with van der Waals surface area (Å²) in [6, 6.07) is 58.6. The Labute approximate surface area is 287 Å². The van der Waals surface area contributed by atoms with Crippen molar-refractivity contribution in [1.29, 1.82) is 0 Å². The molecule has 0 saturated carbocycles. The largest absolute Gasteiger partial charge is 0.456 e. The standard InChI is InChI=1S/C45H28N4O/c1-4-13-29(14-5-1)32-23-25-40-37(27-32)38-28-33(24-26-41(38)50-40)49-39-22-11-10-19-34(39)35-20-12-21-36(42(35)49)45-47-43(30-15-6-2-7-16-30)46-44(48-45)31-17-8-3-9-18-31/h1-28H. The molecule has 0 fully saturated rings. The van der Waals surface area contributed by atoms with Crippen molar-refractivity contribution in [2.24, 2.45) is 0 Å². The van der Waals surface area contributed by atoms with Crippen LogP contribution in [0.4, 0.5) is 0 Å². The van der Waals surface area contributed by atoms with E-state index in [1.165, 1.54) is 5.56 Å². The molecule has 0 radical (unpaired) electrons. The summed E-state index contributed by atoms with van der Waals surface area (Å²) in [7, 11) is 0. The van der Waals surface area contributed by atoms with Crippen LogP contribution in [-0.4, -0.2) is 19.5 Å². The zero-order valence-corrected chi connectivity index (χ0v) is 26.9. The number of fused-ring (bicyclic) bond motifs is 6. The van der Waals surface area contributed by atoms with Crippen molar-refractivity contribution in [3.05, 3.63) is 170 Å². The Bertz CT molecular complexity index is 2800. The zero-order valence-electron chi connectivity index (χ0n) is 26.9. The van der Waals surface area contributed by atoms with Crippen LogP contribution in [0.15, 0.2) is 174 Å². The van der Waals surface area contributed by atoms with Gasteiger partial charge in [0.1, 0.15) is 11.2 Å². The molecule has 0 amide bonds. The summed E-state index contributed by atoms with van der Waals surface area (Å²) >= 11 is 0. The molecule has 0 bridgehead atoms. The van der Waals surface area contributed by atoms with Gasteiger partial charge < -0.3 is 8.98 Å². The van der Waals surface area contributed by atoms with Gasteiger partial charge in [0.2, 0.25) is 0 Å². The van der Waals surface area contributed by atoms with Crippen LogP contribution in [-0.2, 0) is 0 Å². The van der Waals surface area contributed by atoms with Gasteiger partial charge in [-0.15, -0.1) is 0 Å². The maximum absolute atomic E-state index is 6.36. The highest BCUT2D eigenvalue weighted by molar-refractivity contribution is 6.14. The Morgan fingerprint density at radius 1 is 0.380 bits per heavy atom. The minimum absolute atomic E-state index is 0.620. The number of furan rings is 1. The van der Waals surface area contributed by atoms with Crippen molar-refractivity contribution in [2.75, 3.05) is 0 Å². The molecule has 50 heavy (non-hydrogen) atoms. The van der Waals surface area contributed by atoms with E-state index in [0.717, 1.165) is 71.7 Å². The lowest BCUT2D eigenvalue weighted by molar-refractivity contribution is 0.669. The summed E-state index contributed by atoms with van der Waals surface area (Å²) in [4.78, 5) is 15.2. The lowest BCUT2D eigenvalue weighted by Crippen LogP contribution is -2.02. The van der Waals surface area contributed by atoms with Gasteiger partial charge in [0, 0.05) is 43.9 Å². The number of para-hydroxylation sites is 2. The maximum atomic E-state index is 6.36. The highest BCUT2D eigenvalue weighted by Gasteiger charge is 2.21. The van der Waals surface area contributed by atoms with Gasteiger partial charge in [-0.2, -0.15) is 0 Å². The van der Waals surface area contributed by atoms with Crippen LogP contribution in [0, 0.1) is 0 Å². The fourth-order valence-corrected chi connectivity index (χ4v) is 7.11. The molecule has 0 N–H and O–H groups in total. The molecule has 10 rings (SSSR count). The van der Waals surface area contributed by atoms with E-state index in [9.17, 15) is 0 Å². The molecule has 0 unspecified atom stereocenters. The molecule has 3 heterocycles. The second kappa shape index (κ2) is 11.4. The van der Waals surface area contributed by atoms with Crippen LogP contribution < -0.4 is 0 Å². The average Bonchev–Trinajstić information content (AvgIpc) is 3.74. The third-order valence-corrected chi connectivity index (χ3v) is 9.45. The molecule has 5 nitrogen and oxygen atoms in total. The highest BCUT2D eigenvalue weighted by atomic mass is 16.3. The van der Waals surface area contributed by atoms with Crippen molar-refractivity contribution in [1.82, 2.24) is 19.5 Å². The van der Waals surface area contributed by atoms with Gasteiger partial charge in [0.25, 0.3) is 0 Å². The van der Waals surface area contributed by atoms with Crippen molar-refractivity contribution in [3.63, 3.8) is 0 Å². The highest BCUT2D eigenvalue weighted by Crippen LogP contribution is 2.40. The molecule has 0 saturated heterocycles. The topological polar surface area (TPSA) is 56.7 Å². The SMILES string of the molecule is c1ccc(-c2ccc3oc4ccc(-n5c6ccccc6c6cccc(-c7nc(-c8ccccc8)nc(-c8ccccc8)n7)c65)cc4c3c2)cc1. The van der Waals surface area contributed by atoms with E-state index in [0.29, 0.717) is 17.5 Å². The molecule has 7 aromatic carbocycles. The maximum Gasteiger partial charge on any atom is 0.166 e. The van der Waals surface area contributed by atoms with Crippen molar-refractivity contribution >= 4 is 43.7 Å². The van der Waals surface area contributed by atoms with Crippen LogP contribution in [0.1, 0.15) is 0 Å². The van der Waals surface area contributed by atoms with Gasteiger partial charge in [-0.05, 0) is 53.6 Å². The minimum atomic E-state index is 0.620. The summed E-state index contributed by atoms with van der Waals surface area (Å²) < 4.78 is 8.70. The predicted molar refractivity (Wildman–Crippen MR) is 203 cm³/mol. The van der Waals surface area contributed by atoms with Crippen LogP contribution >= 0.6 is 0 Å². The molecular formula is C45H28N4O. The van der Waals surface area contributed by atoms with Gasteiger partial charge in [-0.3, -0.25) is 0 Å². The summed E-state index contributed by atoms with van der Waals surface area (Å²) in [6.07, 6.45) is 0. The first-order chi connectivity index (χ1) is 24.8. The first-order valence-electron chi connectivity index (χ1n) is 16.7. The molecule has 234 valence electrons. The molecule has 0 aliphatic rings. The van der Waals surface area contributed by atoms with Crippen molar-refractivity contribution in [3.8, 4) is 51.0 Å². The Hall–Kier alpha value is -6.85. The fourth-order valence-electron chi connectivity index (χ4n) is 7.11. The number of hydrogen-bond acceptors (Lipinski definition) is 4. The van der Waals surface area contributed by atoms with E-state index in [2.05, 4.69) is 108 Å². The number of benzene rings is 7. The van der Waals surface area contributed by atoms with Gasteiger partial charge in [-0.1, -0.05) is 127 Å². The number of aromatic nitrogens is 4. The van der Waals surface area contributed by atoms with Crippen LogP contribution in [0.2, 0.25) is 0 Å². The molecule has 0 atom stereocenters. The predicted octanol–water partition coefficient (Wildman–Crippen LogP) is 11.5. The lowest BCUT2D eigenvalue weighted by atomic mass is 10.0. The van der Waals surface area contributed by atoms with Crippen LogP contribution in [0.25, 0.3) is 94.7 Å². The first-order valence-corrected chi connectivity index (χ1v) is 16.7. The lowest BCUT2D eigenvalue weighted by Gasteiger charge is -2.13. The van der Waals surface area contributed by atoms with Gasteiger partial charge in [0.15, 0.2) is 17.5 Å². The number of rotatable bonds is 5. The molecule has 5 heteroatoms. The van der Waals surface area contributed by atoms with Crippen molar-refractivity contribution in [2.45, 2.75) is 0 Å². The van der Waals surface area contributed by atoms with Gasteiger partial charge >= 0.3 is 0 Å². The Balaban J connectivity index is 1.24. The van der Waals surface area contributed by atoms with Crippen LogP contribution in [0.5, 0.6) is 0 Å². The van der Waals surface area contributed by atoms with E-state index in [1.807, 2.05) is 66.7 Å². The summed E-state index contributed by atoms with van der Waals surface area (Å²) in [5, 5.41) is 4.44. The number of nitrogens with zero attached hydrogens (tertiary/aromatic N) is 4. The molecule has 10 aromatic rings. The minimum Gasteiger partial charge on any atom is -0.456 e. The third kappa shape index (κ3) is 4.60. The van der Waals surface area contributed by atoms with E-state index >= 15 is 0 Å². The van der Waals surface area contributed by atoms with Gasteiger partial charge in [0.05, 0.1) is 11.0 Å². The monoisotopic (exact) mass is 640 g/mol. The normalized spacial score (nSPS) is 11.6. The summed E-state index contributed by atoms with van der Waals surface area (Å²) in [5.74, 6) is 1.89. The third-order valence-electron chi connectivity index (χ3n) is 9.45. The average molecular weight is 641 g/mol. The fraction of sp³-hybridized carbons (Fsp3) is 0. The molecule has 0 aliphatic carbocycles. The van der Waals surface area contributed by atoms with E-state index < -0.39 is 0 Å². The van der Waals surface area contributed by atoms with E-state index in [4.69, 9.17) is 19.4 Å². The van der Waals surface area contributed by atoms with Gasteiger partial charge in [-0.25, -0.2) is 15.0 Å². The second-order valence-corrected chi connectivity index (χ2v) is 12.5. The smallest absolute Gasteiger partial charge is 0.166 e. The van der Waals surface area contributed by atoms with E-state index in [1.54, 1.807) is 0 Å². The van der Waals surface area contributed by atoms with Crippen LogP contribution in [0.3, 0.4) is 0 Å². The molecule has 3 aromatic heterocycles. The molecular weight excluding hydrogens is 613 g/mol. The Morgan fingerprint density at radius 2 is 0.940 bits per heavy atom. The second-order valence-electron chi connectivity index (χ2n) is 12.5. The molecule has 0 spiro atoms. The summed E-state index contributed by atoms with van der Waals surface area (Å²) in [5.41, 5.74) is 10.0. The molecule has 0 aliphatic heterocycles. The Kier molecular flexibility index (Phi) is 6.42. The summed E-state index contributed by atoms with van der Waals surface area (Å²) in [6.45, 7) is 0. The first kappa shape index (κ1) is 28.2. The van der Waals surface area contributed by atoms with Crippen molar-refractivity contribution < 1.29 is 4.42 Å². The quantitative estimate of drug-likeness (QED) is 0.188. The van der Waals surface area contributed by atoms with E-state index in [-0.39, 0.29) is 0 Å². The zero-order chi connectivity index (χ0) is 33.0. The Morgan fingerprint density at radius 3 is 1.64 bits per heavy atom.